The molecule has 1 unspecified atom stereocenters. The Morgan fingerprint density at radius 1 is 1.00 bits per heavy atom. The van der Waals surface area contributed by atoms with E-state index in [0.29, 0.717) is 83.2 Å². The number of esters is 2. The van der Waals surface area contributed by atoms with Crippen LogP contribution in [0.3, 0.4) is 0 Å². The monoisotopic (exact) mass is 980 g/mol. The van der Waals surface area contributed by atoms with Gasteiger partial charge in [-0.05, 0) is 88.3 Å². The second-order valence-corrected chi connectivity index (χ2v) is 21.1. The highest BCUT2D eigenvalue weighted by Gasteiger charge is 2.62. The van der Waals surface area contributed by atoms with Gasteiger partial charge in [-0.1, -0.05) is 44.7 Å². The molecule has 70 heavy (non-hydrogen) atoms. The van der Waals surface area contributed by atoms with Crippen molar-refractivity contribution in [2.45, 2.75) is 140 Å². The molecule has 17 heteroatoms. The van der Waals surface area contributed by atoms with E-state index in [-0.39, 0.29) is 54.8 Å². The van der Waals surface area contributed by atoms with Crippen molar-refractivity contribution in [2.75, 3.05) is 46.5 Å². The number of fused-ring (bicyclic) bond motifs is 9. The summed E-state index contributed by atoms with van der Waals surface area (Å²) in [7, 11) is 3.00. The number of phenolic OH excluding ortho intramolecular Hbond substituents is 1. The molecule has 16 nitrogen and oxygen atoms in total. The van der Waals surface area contributed by atoms with E-state index in [1.54, 1.807) is 32.9 Å². The largest absolute Gasteiger partial charge is 0.514 e. The van der Waals surface area contributed by atoms with E-state index in [1.807, 2.05) is 26.0 Å². The van der Waals surface area contributed by atoms with Gasteiger partial charge in [-0.15, -0.1) is 18.3 Å². The molecular weight excluding hydrogens is 917 g/mol. The highest BCUT2D eigenvalue weighted by atomic mass is 32.2. The zero-order valence-corrected chi connectivity index (χ0v) is 42.2. The number of nitrogens with zero attached hydrogens (tertiary/aromatic N) is 3. The van der Waals surface area contributed by atoms with Crippen LogP contribution >= 0.6 is 11.8 Å². The molecule has 1 spiro atoms. The molecule has 0 aliphatic carbocycles. The van der Waals surface area contributed by atoms with Crippen molar-refractivity contribution in [1.29, 1.82) is 5.26 Å². The Kier molecular flexibility index (Phi) is 13.7. The minimum absolute atomic E-state index is 0.0161. The molecular formula is C53H64N4O12S. The molecule has 7 aliphatic rings. The third-order valence-corrected chi connectivity index (χ3v) is 16.1. The minimum Gasteiger partial charge on any atom is -0.504 e. The molecule has 7 atom stereocenters. The Hall–Kier alpha value is -5.67. The van der Waals surface area contributed by atoms with Crippen LogP contribution < -0.4 is 33.7 Å². The van der Waals surface area contributed by atoms with Crippen molar-refractivity contribution >= 4 is 29.9 Å². The van der Waals surface area contributed by atoms with Crippen LogP contribution in [0.1, 0.15) is 128 Å². The smallest absolute Gasteiger partial charge is 0.504 e. The summed E-state index contributed by atoms with van der Waals surface area (Å²) in [5.41, 5.74) is 3.30. The molecule has 0 saturated carbocycles. The number of aromatic hydroxyl groups is 1. The fourth-order valence-corrected chi connectivity index (χ4v) is 13.4. The molecule has 2 N–H and O–H groups in total. The maximum Gasteiger partial charge on any atom is 0.514 e. The maximum atomic E-state index is 15.3. The Labute approximate surface area is 413 Å². The lowest BCUT2D eigenvalue weighted by Crippen LogP contribution is -2.70. The molecule has 0 amide bonds. The number of hydrogen-bond donors (Lipinski definition) is 2. The molecule has 3 aromatic carbocycles. The number of unbranched alkanes of at least 4 members (excludes halogenated alkanes) is 4. The van der Waals surface area contributed by atoms with E-state index < -0.39 is 52.7 Å². The van der Waals surface area contributed by atoms with Crippen LogP contribution in [0, 0.1) is 25.2 Å². The summed E-state index contributed by atoms with van der Waals surface area (Å²) < 4.78 is 48.7. The van der Waals surface area contributed by atoms with Crippen molar-refractivity contribution in [1.82, 2.24) is 15.1 Å². The fourth-order valence-electron chi connectivity index (χ4n) is 11.8. The number of phenols is 1. The van der Waals surface area contributed by atoms with Crippen molar-refractivity contribution in [2.24, 2.45) is 0 Å². The van der Waals surface area contributed by atoms with Gasteiger partial charge in [-0.2, -0.15) is 5.26 Å². The summed E-state index contributed by atoms with van der Waals surface area (Å²) in [6, 6.07) is 5.03. The zero-order valence-electron chi connectivity index (χ0n) is 41.4. The molecule has 3 aromatic rings. The summed E-state index contributed by atoms with van der Waals surface area (Å²) >= 11 is 1.47. The summed E-state index contributed by atoms with van der Waals surface area (Å²) in [4.78, 5) is 46.8. The molecule has 0 aromatic heterocycles. The maximum absolute atomic E-state index is 15.3. The first-order valence-corrected chi connectivity index (χ1v) is 25.4. The van der Waals surface area contributed by atoms with Crippen LogP contribution in [0.5, 0.6) is 40.2 Å². The number of nitriles is 1. The van der Waals surface area contributed by atoms with Crippen molar-refractivity contribution < 1.29 is 57.4 Å². The minimum atomic E-state index is -1.47. The number of rotatable bonds is 12. The summed E-state index contributed by atoms with van der Waals surface area (Å²) in [6.07, 6.45) is 6.79. The predicted octanol–water partition coefficient (Wildman–Crippen LogP) is 8.49. The van der Waals surface area contributed by atoms with Gasteiger partial charge < -0.3 is 43.0 Å². The van der Waals surface area contributed by atoms with Crippen molar-refractivity contribution in [3.63, 3.8) is 0 Å². The van der Waals surface area contributed by atoms with Gasteiger partial charge in [-0.25, -0.2) is 9.59 Å². The number of thioether (sulfide) groups is 1. The Morgan fingerprint density at radius 2 is 1.77 bits per heavy atom. The van der Waals surface area contributed by atoms with Crippen molar-refractivity contribution in [3.05, 3.63) is 75.4 Å². The number of carbonyl (C=O) groups is 3. The van der Waals surface area contributed by atoms with Crippen LogP contribution in [0.4, 0.5) is 4.79 Å². The summed E-state index contributed by atoms with van der Waals surface area (Å²) in [6.45, 7) is 15.8. The normalized spacial score (nSPS) is 25.3. The Bertz CT molecular complexity index is 2640. The van der Waals surface area contributed by atoms with Gasteiger partial charge in [-0.3, -0.25) is 19.9 Å². The number of piperazine rings is 1. The van der Waals surface area contributed by atoms with Gasteiger partial charge in [0.15, 0.2) is 40.0 Å². The molecule has 374 valence electrons. The van der Waals surface area contributed by atoms with E-state index in [0.717, 1.165) is 42.4 Å². The average Bonchev–Trinajstić information content (AvgIpc) is 3.81. The molecule has 2 fully saturated rings. The molecule has 2 saturated heterocycles. The van der Waals surface area contributed by atoms with E-state index in [9.17, 15) is 20.0 Å². The van der Waals surface area contributed by atoms with Gasteiger partial charge in [0.1, 0.15) is 24.0 Å². The average molecular weight is 981 g/mol. The first kappa shape index (κ1) is 49.3. The molecule has 7 aliphatic heterocycles. The van der Waals surface area contributed by atoms with Gasteiger partial charge >= 0.3 is 18.1 Å². The van der Waals surface area contributed by atoms with Gasteiger partial charge in [0.25, 0.3) is 0 Å². The van der Waals surface area contributed by atoms with Crippen LogP contribution in [0.25, 0.3) is 0 Å². The number of aryl methyl sites for hydroxylation is 1. The third kappa shape index (κ3) is 8.37. The zero-order chi connectivity index (χ0) is 49.8. The number of ether oxygens (including phenoxy) is 8. The Morgan fingerprint density at radius 3 is 2.49 bits per heavy atom. The standard InChI is InChI=1S/C53H64N4O12S/c1-10-12-13-14-15-16-38(58)68-46-29(4)47-48(66-27-65-47)40-35-25-64-50(60)53(32-23-36(62-8)37(22-30(32)17-18-55-53)67-51(61)69-52(5,6)7)26-70-49(41(40)46)43-42-39-31(20-28(3)45(63-9)44(39)59)21-33(56(42)19-11-2)34(24-54)57(35)43/h11,20,22-23,33-35,42-43,49,55,59H,2,10,12-19,21,25-27H2,1,3-9H3/t33-,34+,35-,42-,43?,49-,53-/m1/s1. The quantitative estimate of drug-likeness (QED) is 0.0578. The first-order chi connectivity index (χ1) is 33.6. The number of nitrogens with one attached hydrogen (secondary N) is 1. The lowest BCUT2D eigenvalue weighted by molar-refractivity contribution is -0.157. The highest BCUT2D eigenvalue weighted by molar-refractivity contribution is 7.99. The number of carbonyl (C=O) groups excluding carboxylic acids is 3. The molecule has 10 rings (SSSR count). The van der Waals surface area contributed by atoms with Crippen LogP contribution in [0.2, 0.25) is 0 Å². The number of benzene rings is 3. The van der Waals surface area contributed by atoms with Gasteiger partial charge in [0.2, 0.25) is 6.79 Å². The third-order valence-electron chi connectivity index (χ3n) is 14.6. The number of methoxy groups -OCH3 is 2. The Balaban J connectivity index is 1.26. The van der Waals surface area contributed by atoms with Crippen molar-refractivity contribution in [3.8, 4) is 46.3 Å². The fraction of sp³-hybridized carbons (Fsp3) is 0.547. The lowest BCUT2D eigenvalue weighted by atomic mass is 9.71. The first-order valence-electron chi connectivity index (χ1n) is 24.4. The van der Waals surface area contributed by atoms with E-state index in [2.05, 4.69) is 34.7 Å². The molecule has 0 radical (unpaired) electrons. The second-order valence-electron chi connectivity index (χ2n) is 20.0. The second kappa shape index (κ2) is 19.5. The van der Waals surface area contributed by atoms with Gasteiger partial charge in [0, 0.05) is 59.6 Å². The van der Waals surface area contributed by atoms with E-state index in [4.69, 9.17) is 37.9 Å². The summed E-state index contributed by atoms with van der Waals surface area (Å²) in [5.74, 6) is 1.10. The van der Waals surface area contributed by atoms with Crippen LogP contribution in [-0.4, -0.2) is 103 Å². The SMILES string of the molecule is C=CCN1[C@@H]2c3c(cc(C)c(OC)c3O)C[C@@H]1[C@H](C#N)N1C2[C@@H]2SC[C@]3(NCCc4cc(OC(=O)OC(C)(C)C)c(OC)cc43)C(=O)OC[C@@H]1c1c3c(c(C)c(OC(=O)CCCCCCC)c12)OCO3. The van der Waals surface area contributed by atoms with E-state index >= 15 is 4.79 Å². The molecule has 4 bridgehead atoms. The topological polar surface area (TPSA) is 188 Å². The van der Waals surface area contributed by atoms with Crippen LogP contribution in [0.15, 0.2) is 30.9 Å². The predicted molar refractivity (Wildman–Crippen MR) is 260 cm³/mol. The summed E-state index contributed by atoms with van der Waals surface area (Å²) in [5, 5.41) is 26.8. The van der Waals surface area contributed by atoms with E-state index in [1.165, 1.54) is 26.0 Å². The van der Waals surface area contributed by atoms with Gasteiger partial charge in [0.05, 0.1) is 37.6 Å². The number of hydrogen-bond acceptors (Lipinski definition) is 17. The molecule has 7 heterocycles. The highest BCUT2D eigenvalue weighted by Crippen LogP contribution is 2.65. The van der Waals surface area contributed by atoms with Crippen LogP contribution in [-0.2, 0) is 37.4 Å². The lowest BCUT2D eigenvalue weighted by Gasteiger charge is -2.62.